The van der Waals surface area contributed by atoms with Crippen molar-refractivity contribution < 1.29 is 55.2 Å². The second kappa shape index (κ2) is 13.7. The zero-order valence-corrected chi connectivity index (χ0v) is 13.6. The first-order chi connectivity index (χ1) is 11.7. The number of carboxylic acids is 2. The third kappa shape index (κ3) is 10.8. The van der Waals surface area contributed by atoms with Gasteiger partial charge in [0.1, 0.15) is 0 Å². The van der Waals surface area contributed by atoms with E-state index in [9.17, 15) is 9.59 Å². The molecule has 8 N–H and O–H groups in total. The van der Waals surface area contributed by atoms with Gasteiger partial charge in [0.15, 0.2) is 0 Å². The van der Waals surface area contributed by atoms with E-state index in [-0.39, 0.29) is 13.2 Å². The normalized spacial score (nSPS) is 11.9. The summed E-state index contributed by atoms with van der Waals surface area (Å²) in [7, 11) is 0. The Kier molecular flexibility index (Phi) is 14.0. The summed E-state index contributed by atoms with van der Waals surface area (Å²) in [4.78, 5) is 19.1. The molecule has 25 heavy (non-hydrogen) atoms. The molecule has 0 aromatic rings. The minimum atomic E-state index is -1.26. The van der Waals surface area contributed by atoms with Crippen LogP contribution in [-0.2, 0) is 14.3 Å². The maximum absolute atomic E-state index is 9.55. The maximum atomic E-state index is 9.55. The Bertz CT molecular complexity index is 347. The van der Waals surface area contributed by atoms with Crippen molar-refractivity contribution in [2.75, 3.05) is 52.9 Å². The molecule has 0 amide bonds. The Morgan fingerprint density at radius 3 is 1.04 bits per heavy atom. The van der Waals surface area contributed by atoms with Crippen LogP contribution < -0.4 is 0 Å². The van der Waals surface area contributed by atoms with E-state index >= 15 is 0 Å². The van der Waals surface area contributed by atoms with E-state index in [0.29, 0.717) is 12.2 Å². The van der Waals surface area contributed by atoms with Gasteiger partial charge in [0.05, 0.1) is 63.7 Å². The minimum Gasteiger partial charge on any atom is -0.478 e. The smallest absolute Gasteiger partial charge is 0.328 e. The van der Waals surface area contributed by atoms with Crippen LogP contribution in [0, 0.1) is 10.8 Å². The van der Waals surface area contributed by atoms with Crippen LogP contribution in [0.25, 0.3) is 0 Å². The average Bonchev–Trinajstić information content (AvgIpc) is 2.62. The van der Waals surface area contributed by atoms with Crippen molar-refractivity contribution in [1.29, 1.82) is 0 Å². The highest BCUT2D eigenvalue weighted by Crippen LogP contribution is 2.19. The Morgan fingerprint density at radius 2 is 0.880 bits per heavy atom. The quantitative estimate of drug-likeness (QED) is 0.159. The molecule has 148 valence electrons. The van der Waals surface area contributed by atoms with Crippen LogP contribution in [0.1, 0.15) is 0 Å². The number of ether oxygens (including phenoxy) is 1. The van der Waals surface area contributed by atoms with E-state index in [1.54, 1.807) is 0 Å². The lowest BCUT2D eigenvalue weighted by atomic mass is 9.91. The van der Waals surface area contributed by atoms with Crippen LogP contribution in [0.5, 0.6) is 0 Å². The van der Waals surface area contributed by atoms with Crippen LogP contribution in [0.2, 0.25) is 0 Å². The molecule has 11 heteroatoms. The zero-order chi connectivity index (χ0) is 19.9. The number of aliphatic hydroxyl groups is 6. The van der Waals surface area contributed by atoms with Gasteiger partial charge in [-0.3, -0.25) is 0 Å². The van der Waals surface area contributed by atoms with Crippen molar-refractivity contribution in [1.82, 2.24) is 0 Å². The molecule has 0 spiro atoms. The SMILES string of the molecule is O=C(O)C=CC(=O)O.OCC(CO)(CO)COCC(CO)(CO)CO. The highest BCUT2D eigenvalue weighted by atomic mass is 16.5. The van der Waals surface area contributed by atoms with Gasteiger partial charge in [0, 0.05) is 12.2 Å². The molecule has 0 heterocycles. The topological polar surface area (TPSA) is 205 Å². The fourth-order valence-corrected chi connectivity index (χ4v) is 1.20. The minimum absolute atomic E-state index is 0.141. The molecule has 0 atom stereocenters. The van der Waals surface area contributed by atoms with Crippen LogP contribution in [-0.4, -0.2) is 106 Å². The van der Waals surface area contributed by atoms with Gasteiger partial charge in [-0.25, -0.2) is 9.59 Å². The van der Waals surface area contributed by atoms with E-state index < -0.39 is 62.4 Å². The first-order valence-electron chi connectivity index (χ1n) is 7.07. The molecule has 0 unspecified atom stereocenters. The molecule has 0 radical (unpaired) electrons. The molecule has 0 saturated carbocycles. The monoisotopic (exact) mass is 370 g/mol. The molecule has 11 nitrogen and oxygen atoms in total. The molecular formula is C14H26O11. The molecule has 0 aliphatic heterocycles. The number of hydrogen-bond donors (Lipinski definition) is 8. The molecule has 0 fully saturated rings. The Hall–Kier alpha value is -1.60. The summed E-state index contributed by atoms with van der Waals surface area (Å²) in [5.41, 5.74) is -2.32. The second-order valence-electron chi connectivity index (χ2n) is 5.45. The molecule has 0 aliphatic rings. The summed E-state index contributed by atoms with van der Waals surface area (Å²) in [6, 6.07) is 0. The molecule has 0 aromatic heterocycles. The summed E-state index contributed by atoms with van der Waals surface area (Å²) in [6.07, 6.45) is 1.12. The highest BCUT2D eigenvalue weighted by Gasteiger charge is 2.32. The van der Waals surface area contributed by atoms with E-state index in [2.05, 4.69) is 0 Å². The highest BCUT2D eigenvalue weighted by molar-refractivity contribution is 5.89. The summed E-state index contributed by atoms with van der Waals surface area (Å²) in [6.45, 7) is -3.01. The summed E-state index contributed by atoms with van der Waals surface area (Å²) in [5.74, 6) is -2.51. The molecule has 0 aliphatic carbocycles. The van der Waals surface area contributed by atoms with Crippen molar-refractivity contribution in [3.8, 4) is 0 Å². The largest absolute Gasteiger partial charge is 0.478 e. The fraction of sp³-hybridized carbons (Fsp3) is 0.714. The third-order valence-corrected chi connectivity index (χ3v) is 3.20. The Balaban J connectivity index is 0. The summed E-state index contributed by atoms with van der Waals surface area (Å²) < 4.78 is 5.15. The predicted molar refractivity (Wildman–Crippen MR) is 82.6 cm³/mol. The molecule has 0 rings (SSSR count). The molecular weight excluding hydrogens is 344 g/mol. The number of carboxylic acid groups (broad SMARTS) is 2. The van der Waals surface area contributed by atoms with Crippen molar-refractivity contribution in [2.24, 2.45) is 10.8 Å². The number of aliphatic carboxylic acids is 2. The van der Waals surface area contributed by atoms with Gasteiger partial charge in [-0.05, 0) is 0 Å². The first kappa shape index (κ1) is 25.6. The van der Waals surface area contributed by atoms with Crippen LogP contribution in [0.3, 0.4) is 0 Å². The lowest BCUT2D eigenvalue weighted by molar-refractivity contribution is -0.134. The van der Waals surface area contributed by atoms with Gasteiger partial charge < -0.3 is 45.6 Å². The Morgan fingerprint density at radius 1 is 0.640 bits per heavy atom. The van der Waals surface area contributed by atoms with E-state index in [1.807, 2.05) is 0 Å². The number of aliphatic hydroxyl groups excluding tert-OH is 6. The van der Waals surface area contributed by atoms with Gasteiger partial charge in [-0.15, -0.1) is 0 Å². The van der Waals surface area contributed by atoms with Gasteiger partial charge in [0.2, 0.25) is 0 Å². The molecule has 0 aromatic carbocycles. The lowest BCUT2D eigenvalue weighted by Crippen LogP contribution is -2.43. The Labute approximate surface area is 144 Å². The predicted octanol–water partition coefficient (Wildman–Crippen LogP) is -3.36. The molecule has 0 saturated heterocycles. The summed E-state index contributed by atoms with van der Waals surface area (Å²) >= 11 is 0. The van der Waals surface area contributed by atoms with E-state index in [4.69, 9.17) is 45.6 Å². The van der Waals surface area contributed by atoms with Crippen LogP contribution in [0.4, 0.5) is 0 Å². The van der Waals surface area contributed by atoms with Gasteiger partial charge in [-0.2, -0.15) is 0 Å². The van der Waals surface area contributed by atoms with Crippen molar-refractivity contribution in [3.63, 3.8) is 0 Å². The van der Waals surface area contributed by atoms with Crippen molar-refractivity contribution in [2.45, 2.75) is 0 Å². The van der Waals surface area contributed by atoms with Crippen molar-refractivity contribution in [3.05, 3.63) is 12.2 Å². The average molecular weight is 370 g/mol. The van der Waals surface area contributed by atoms with E-state index in [0.717, 1.165) is 0 Å². The third-order valence-electron chi connectivity index (χ3n) is 3.20. The zero-order valence-electron chi connectivity index (χ0n) is 13.6. The first-order valence-corrected chi connectivity index (χ1v) is 7.07. The van der Waals surface area contributed by atoms with Gasteiger partial charge in [0.25, 0.3) is 0 Å². The summed E-state index contributed by atoms with van der Waals surface area (Å²) in [5, 5.41) is 69.8. The lowest BCUT2D eigenvalue weighted by Gasteiger charge is -2.31. The van der Waals surface area contributed by atoms with Crippen LogP contribution >= 0.6 is 0 Å². The number of rotatable bonds is 12. The van der Waals surface area contributed by atoms with E-state index in [1.165, 1.54) is 0 Å². The van der Waals surface area contributed by atoms with Gasteiger partial charge in [-0.1, -0.05) is 0 Å². The number of hydrogen-bond acceptors (Lipinski definition) is 9. The fourth-order valence-electron chi connectivity index (χ4n) is 1.20. The van der Waals surface area contributed by atoms with Crippen LogP contribution in [0.15, 0.2) is 12.2 Å². The maximum Gasteiger partial charge on any atom is 0.328 e. The molecule has 0 bridgehead atoms. The number of carbonyl (C=O) groups is 2. The second-order valence-corrected chi connectivity index (χ2v) is 5.45. The van der Waals surface area contributed by atoms with Crippen molar-refractivity contribution >= 4 is 11.9 Å². The standard InChI is InChI=1S/C10H22O7.C4H4O4/c11-1-9(2-12,3-13)7-17-8-10(4-14,5-15)6-16;5-3(6)1-2-4(7)8/h11-16H,1-8H2;1-2H,(H,5,6)(H,7,8). The van der Waals surface area contributed by atoms with Gasteiger partial charge >= 0.3 is 11.9 Å².